The Morgan fingerprint density at radius 1 is 1.00 bits per heavy atom. The number of urea groups is 1. The fourth-order valence-corrected chi connectivity index (χ4v) is 3.81. The Labute approximate surface area is 196 Å². The molecular weight excluding hydrogens is 444 g/mol. The van der Waals surface area contributed by atoms with Crippen LogP contribution in [0.15, 0.2) is 54.6 Å². The molecule has 9 heteroatoms. The van der Waals surface area contributed by atoms with Crippen LogP contribution >= 0.6 is 11.6 Å². The molecule has 2 heterocycles. The zero-order valence-corrected chi connectivity index (χ0v) is 18.8. The van der Waals surface area contributed by atoms with Crippen LogP contribution < -0.4 is 5.32 Å². The minimum atomic E-state index is -0.615. The highest BCUT2D eigenvalue weighted by molar-refractivity contribution is 6.31. The smallest absolute Gasteiger partial charge is 0.340 e. The molecule has 1 fully saturated rings. The number of nitrogens with zero attached hydrogens (tertiary/aromatic N) is 3. The van der Waals surface area contributed by atoms with E-state index in [1.165, 1.54) is 0 Å². The Hall–Kier alpha value is -3.65. The maximum atomic E-state index is 12.6. The lowest BCUT2D eigenvalue weighted by Gasteiger charge is -2.34. The second kappa shape index (κ2) is 9.87. The van der Waals surface area contributed by atoms with Gasteiger partial charge in [0.05, 0.1) is 16.8 Å². The fraction of sp³-hybridized carbons (Fsp3) is 0.250. The molecule has 1 aliphatic heterocycles. The number of aromatic nitrogens is 1. The van der Waals surface area contributed by atoms with Gasteiger partial charge in [-0.3, -0.25) is 9.78 Å². The molecule has 2 aromatic carbocycles. The van der Waals surface area contributed by atoms with Crippen molar-refractivity contribution in [2.75, 3.05) is 38.1 Å². The average Bonchev–Trinajstić information content (AvgIpc) is 2.83. The highest BCUT2D eigenvalue weighted by Crippen LogP contribution is 2.21. The molecule has 0 unspecified atom stereocenters. The van der Waals surface area contributed by atoms with Gasteiger partial charge in [-0.25, -0.2) is 9.59 Å². The average molecular weight is 467 g/mol. The molecule has 0 saturated carbocycles. The highest BCUT2D eigenvalue weighted by atomic mass is 35.5. The molecule has 0 bridgehead atoms. The third-order valence-corrected chi connectivity index (χ3v) is 5.69. The summed E-state index contributed by atoms with van der Waals surface area (Å²) in [5.41, 5.74) is 2.24. The van der Waals surface area contributed by atoms with Gasteiger partial charge in [0.25, 0.3) is 5.91 Å². The molecule has 0 radical (unpaired) electrons. The number of aryl methyl sites for hydroxylation is 1. The van der Waals surface area contributed by atoms with Crippen LogP contribution in [0.2, 0.25) is 5.02 Å². The number of nitrogens with one attached hydrogen (secondary N) is 1. The number of para-hydroxylation sites is 1. The van der Waals surface area contributed by atoms with Gasteiger partial charge < -0.3 is 19.9 Å². The Morgan fingerprint density at radius 3 is 2.42 bits per heavy atom. The van der Waals surface area contributed by atoms with Gasteiger partial charge >= 0.3 is 12.0 Å². The first-order valence-corrected chi connectivity index (χ1v) is 10.9. The Balaban J connectivity index is 1.29. The predicted octanol–water partition coefficient (Wildman–Crippen LogP) is 3.73. The quantitative estimate of drug-likeness (QED) is 0.591. The van der Waals surface area contributed by atoms with Crippen molar-refractivity contribution in [2.45, 2.75) is 6.92 Å². The molecule has 1 saturated heterocycles. The van der Waals surface area contributed by atoms with Crippen LogP contribution in [0.1, 0.15) is 16.1 Å². The number of ether oxygens (including phenoxy) is 1. The van der Waals surface area contributed by atoms with E-state index in [9.17, 15) is 14.4 Å². The molecule has 0 atom stereocenters. The number of carbonyl (C=O) groups excluding carboxylic acids is 3. The van der Waals surface area contributed by atoms with Gasteiger partial charge in [0, 0.05) is 42.3 Å². The van der Waals surface area contributed by atoms with Crippen molar-refractivity contribution in [1.29, 1.82) is 0 Å². The third kappa shape index (κ3) is 5.40. The first kappa shape index (κ1) is 22.5. The molecule has 1 aromatic heterocycles. The van der Waals surface area contributed by atoms with Crippen molar-refractivity contribution >= 4 is 46.1 Å². The molecule has 0 aliphatic carbocycles. The maximum absolute atomic E-state index is 12.6. The molecule has 8 nitrogen and oxygen atoms in total. The van der Waals surface area contributed by atoms with Crippen molar-refractivity contribution in [1.82, 2.24) is 14.8 Å². The number of hydrogen-bond acceptors (Lipinski definition) is 5. The standard InChI is InChI=1S/C24H23ClN4O4/c1-16-20(14-17-13-18(25)7-8-21(17)26-16)23(31)33-15-22(30)28-9-11-29(12-10-28)24(32)27-19-5-3-2-4-6-19/h2-8,13-14H,9-12,15H2,1H3,(H,27,32). The number of piperazine rings is 1. The van der Waals surface area contributed by atoms with Gasteiger partial charge in [-0.1, -0.05) is 29.8 Å². The summed E-state index contributed by atoms with van der Waals surface area (Å²) in [5, 5.41) is 4.10. The molecule has 33 heavy (non-hydrogen) atoms. The normalized spacial score (nSPS) is 13.6. The SMILES string of the molecule is Cc1nc2ccc(Cl)cc2cc1C(=O)OCC(=O)N1CCN(C(=O)Nc2ccccc2)CC1. The van der Waals surface area contributed by atoms with Crippen molar-refractivity contribution in [3.8, 4) is 0 Å². The molecule has 170 valence electrons. The number of hydrogen-bond donors (Lipinski definition) is 1. The van der Waals surface area contributed by atoms with E-state index >= 15 is 0 Å². The van der Waals surface area contributed by atoms with Crippen molar-refractivity contribution in [2.24, 2.45) is 0 Å². The first-order chi connectivity index (χ1) is 15.9. The van der Waals surface area contributed by atoms with Crippen LogP contribution in [0.4, 0.5) is 10.5 Å². The van der Waals surface area contributed by atoms with Gasteiger partial charge in [-0.05, 0) is 43.3 Å². The summed E-state index contributed by atoms with van der Waals surface area (Å²) in [6, 6.07) is 15.9. The lowest BCUT2D eigenvalue weighted by atomic mass is 10.1. The second-order valence-electron chi connectivity index (χ2n) is 7.70. The summed E-state index contributed by atoms with van der Waals surface area (Å²) in [5.74, 6) is -0.919. The van der Waals surface area contributed by atoms with E-state index in [0.29, 0.717) is 48.1 Å². The number of benzene rings is 2. The summed E-state index contributed by atoms with van der Waals surface area (Å²) in [7, 11) is 0. The van der Waals surface area contributed by atoms with E-state index in [2.05, 4.69) is 10.3 Å². The lowest BCUT2D eigenvalue weighted by molar-refractivity contribution is -0.135. The lowest BCUT2D eigenvalue weighted by Crippen LogP contribution is -2.52. The molecule has 0 spiro atoms. The van der Waals surface area contributed by atoms with Crippen molar-refractivity contribution in [3.63, 3.8) is 0 Å². The van der Waals surface area contributed by atoms with Gasteiger partial charge in [0.1, 0.15) is 0 Å². The summed E-state index contributed by atoms with van der Waals surface area (Å²) in [6.07, 6.45) is 0. The van der Waals surface area contributed by atoms with Crippen LogP contribution in [0.3, 0.4) is 0 Å². The zero-order chi connectivity index (χ0) is 23.4. The van der Waals surface area contributed by atoms with Gasteiger partial charge in [0.15, 0.2) is 6.61 Å². The van der Waals surface area contributed by atoms with E-state index in [4.69, 9.17) is 16.3 Å². The predicted molar refractivity (Wildman–Crippen MR) is 125 cm³/mol. The summed E-state index contributed by atoms with van der Waals surface area (Å²) in [6.45, 7) is 2.87. The van der Waals surface area contributed by atoms with Crippen molar-refractivity contribution in [3.05, 3.63) is 70.9 Å². The molecule has 1 aliphatic rings. The van der Waals surface area contributed by atoms with Crippen molar-refractivity contribution < 1.29 is 19.1 Å². The monoisotopic (exact) mass is 466 g/mol. The van der Waals surface area contributed by atoms with Gasteiger partial charge in [-0.15, -0.1) is 0 Å². The number of carbonyl (C=O) groups is 3. The number of amides is 3. The topological polar surface area (TPSA) is 91.8 Å². The van der Waals surface area contributed by atoms with Crippen LogP contribution in [0.5, 0.6) is 0 Å². The van der Waals surface area contributed by atoms with Gasteiger partial charge in [-0.2, -0.15) is 0 Å². The number of rotatable bonds is 4. The van der Waals surface area contributed by atoms with E-state index < -0.39 is 5.97 Å². The molecule has 3 aromatic rings. The molecule has 1 N–H and O–H groups in total. The van der Waals surface area contributed by atoms with Crippen LogP contribution in [0, 0.1) is 6.92 Å². The second-order valence-corrected chi connectivity index (χ2v) is 8.13. The largest absolute Gasteiger partial charge is 0.452 e. The third-order valence-electron chi connectivity index (χ3n) is 5.46. The molecular formula is C24H23ClN4O4. The Bertz CT molecular complexity index is 1190. The Morgan fingerprint density at radius 2 is 1.70 bits per heavy atom. The van der Waals surface area contributed by atoms with E-state index in [1.807, 2.05) is 30.3 Å². The maximum Gasteiger partial charge on any atom is 0.340 e. The van der Waals surface area contributed by atoms with Crippen LogP contribution in [0.25, 0.3) is 10.9 Å². The molecule has 3 amide bonds. The zero-order valence-electron chi connectivity index (χ0n) is 18.1. The van der Waals surface area contributed by atoms with Gasteiger partial charge in [0.2, 0.25) is 0 Å². The number of pyridine rings is 1. The number of halogens is 1. The number of anilines is 1. The van der Waals surface area contributed by atoms with E-state index in [-0.39, 0.29) is 18.5 Å². The number of fused-ring (bicyclic) bond motifs is 1. The van der Waals surface area contributed by atoms with E-state index in [0.717, 1.165) is 10.9 Å². The number of esters is 1. The minimum absolute atomic E-state index is 0.209. The first-order valence-electron chi connectivity index (χ1n) is 10.5. The minimum Gasteiger partial charge on any atom is -0.452 e. The Kier molecular flexibility index (Phi) is 6.74. The summed E-state index contributed by atoms with van der Waals surface area (Å²) in [4.78, 5) is 45.1. The fourth-order valence-electron chi connectivity index (χ4n) is 3.63. The van der Waals surface area contributed by atoms with Crippen LogP contribution in [-0.2, 0) is 9.53 Å². The summed E-state index contributed by atoms with van der Waals surface area (Å²) < 4.78 is 5.26. The van der Waals surface area contributed by atoms with Crippen LogP contribution in [-0.4, -0.2) is 65.5 Å². The molecule has 4 rings (SSSR count). The van der Waals surface area contributed by atoms with E-state index in [1.54, 1.807) is 41.0 Å². The summed E-state index contributed by atoms with van der Waals surface area (Å²) >= 11 is 6.03. The highest BCUT2D eigenvalue weighted by Gasteiger charge is 2.25.